The molecule has 0 fully saturated rings. The number of imidazole rings is 1. The zero-order valence-corrected chi connectivity index (χ0v) is 15.7. The summed E-state index contributed by atoms with van der Waals surface area (Å²) in [5.74, 6) is -1.39. The predicted octanol–water partition coefficient (Wildman–Crippen LogP) is 5.21. The molecule has 1 aromatic heterocycles. The van der Waals surface area contributed by atoms with Crippen LogP contribution >= 0.6 is 23.2 Å². The van der Waals surface area contributed by atoms with Gasteiger partial charge in [-0.3, -0.25) is 0 Å². The van der Waals surface area contributed by atoms with Crippen molar-refractivity contribution in [2.24, 2.45) is 0 Å². The van der Waals surface area contributed by atoms with Gasteiger partial charge in [0.15, 0.2) is 0 Å². The Kier molecular flexibility index (Phi) is 5.05. The van der Waals surface area contributed by atoms with E-state index in [-0.39, 0.29) is 15.1 Å². The van der Waals surface area contributed by atoms with Crippen LogP contribution in [0.2, 0.25) is 10.0 Å². The molecule has 1 unspecified atom stereocenters. The standard InChI is InChI=1S/C17H13Cl2F2N3OS/c1-26(22,25)15-8-23-17(24-15)16(9-2-4-13(20)11(18)6-9)10-3-5-14(21)12(19)7-10/h2-8,16,22H,1H3,(H,23,24). The van der Waals surface area contributed by atoms with E-state index in [1.54, 1.807) is 0 Å². The molecule has 2 aromatic carbocycles. The molecule has 3 rings (SSSR count). The van der Waals surface area contributed by atoms with E-state index in [0.717, 1.165) is 0 Å². The van der Waals surface area contributed by atoms with Gasteiger partial charge in [0.1, 0.15) is 22.5 Å². The highest BCUT2D eigenvalue weighted by atomic mass is 35.5. The number of aromatic nitrogens is 2. The van der Waals surface area contributed by atoms with E-state index in [4.69, 9.17) is 28.0 Å². The Hall–Kier alpha value is -1.96. The lowest BCUT2D eigenvalue weighted by atomic mass is 9.90. The van der Waals surface area contributed by atoms with E-state index in [1.807, 2.05) is 0 Å². The number of benzene rings is 2. The first kappa shape index (κ1) is 18.8. The van der Waals surface area contributed by atoms with Gasteiger partial charge in [-0.15, -0.1) is 0 Å². The van der Waals surface area contributed by atoms with Gasteiger partial charge in [-0.05, 0) is 35.4 Å². The van der Waals surface area contributed by atoms with Crippen molar-refractivity contribution in [3.8, 4) is 0 Å². The SMILES string of the molecule is CS(=N)(=O)c1cnc(C(c2ccc(F)c(Cl)c2)c2ccc(F)c(Cl)c2)[nH]1. The van der Waals surface area contributed by atoms with Crippen LogP contribution in [-0.2, 0) is 9.73 Å². The summed E-state index contributed by atoms with van der Waals surface area (Å²) in [5.41, 5.74) is 1.15. The van der Waals surface area contributed by atoms with E-state index in [9.17, 15) is 13.0 Å². The molecule has 4 nitrogen and oxygen atoms in total. The highest BCUT2D eigenvalue weighted by Gasteiger charge is 2.23. The number of rotatable bonds is 4. The average Bonchev–Trinajstić information content (AvgIpc) is 3.04. The van der Waals surface area contributed by atoms with Crippen molar-refractivity contribution >= 4 is 32.9 Å². The molecule has 1 atom stereocenters. The third-order valence-electron chi connectivity index (χ3n) is 3.82. The van der Waals surface area contributed by atoms with Crippen molar-refractivity contribution in [3.05, 3.63) is 81.2 Å². The molecule has 0 amide bonds. The fourth-order valence-electron chi connectivity index (χ4n) is 2.56. The van der Waals surface area contributed by atoms with Crippen LogP contribution in [0.1, 0.15) is 22.9 Å². The van der Waals surface area contributed by atoms with Crippen molar-refractivity contribution < 1.29 is 13.0 Å². The highest BCUT2D eigenvalue weighted by Crippen LogP contribution is 2.34. The summed E-state index contributed by atoms with van der Waals surface area (Å²) >= 11 is 11.8. The van der Waals surface area contributed by atoms with E-state index in [1.165, 1.54) is 48.9 Å². The molecule has 0 bridgehead atoms. The second-order valence-electron chi connectivity index (χ2n) is 5.76. The summed E-state index contributed by atoms with van der Waals surface area (Å²) < 4.78 is 46.7. The van der Waals surface area contributed by atoms with Gasteiger partial charge in [-0.25, -0.2) is 22.8 Å². The minimum atomic E-state index is -3.00. The molecule has 0 aliphatic rings. The fraction of sp³-hybridized carbons (Fsp3) is 0.118. The maximum atomic E-state index is 13.6. The smallest absolute Gasteiger partial charge is 0.141 e. The predicted molar refractivity (Wildman–Crippen MR) is 97.4 cm³/mol. The first-order valence-electron chi connectivity index (χ1n) is 7.35. The highest BCUT2D eigenvalue weighted by molar-refractivity contribution is 7.91. The summed E-state index contributed by atoms with van der Waals surface area (Å²) in [5, 5.41) is -0.00143. The summed E-state index contributed by atoms with van der Waals surface area (Å²) in [6.07, 6.45) is 2.58. The summed E-state index contributed by atoms with van der Waals surface area (Å²) in [4.78, 5) is 7.08. The molecule has 3 aromatic rings. The third-order valence-corrected chi connectivity index (χ3v) is 5.45. The van der Waals surface area contributed by atoms with Crippen LogP contribution < -0.4 is 0 Å². The number of hydrogen-bond donors (Lipinski definition) is 2. The quantitative estimate of drug-likeness (QED) is 0.613. The van der Waals surface area contributed by atoms with Crippen molar-refractivity contribution in [2.75, 3.05) is 6.26 Å². The zero-order chi connectivity index (χ0) is 19.1. The number of H-pyrrole nitrogens is 1. The van der Waals surface area contributed by atoms with Gasteiger partial charge in [0.25, 0.3) is 0 Å². The van der Waals surface area contributed by atoms with Gasteiger partial charge in [-0.1, -0.05) is 35.3 Å². The normalized spacial score (nSPS) is 13.8. The lowest BCUT2D eigenvalue weighted by Crippen LogP contribution is -2.07. The molecule has 136 valence electrons. The van der Waals surface area contributed by atoms with Gasteiger partial charge in [0, 0.05) is 6.26 Å². The van der Waals surface area contributed by atoms with Gasteiger partial charge < -0.3 is 4.98 Å². The number of hydrogen-bond acceptors (Lipinski definition) is 3. The fourth-order valence-corrected chi connectivity index (χ4v) is 3.49. The third kappa shape index (κ3) is 3.75. The first-order chi connectivity index (χ1) is 12.2. The van der Waals surface area contributed by atoms with Gasteiger partial charge in [-0.2, -0.15) is 0 Å². The molecule has 0 saturated heterocycles. The minimum Gasteiger partial charge on any atom is -0.334 e. The Morgan fingerprint density at radius 2 is 1.58 bits per heavy atom. The van der Waals surface area contributed by atoms with Crippen LogP contribution in [0.5, 0.6) is 0 Å². The van der Waals surface area contributed by atoms with Crippen LogP contribution in [0.25, 0.3) is 0 Å². The molecule has 1 heterocycles. The molecule has 0 saturated carbocycles. The molecular weight excluding hydrogens is 403 g/mol. The lowest BCUT2D eigenvalue weighted by molar-refractivity contribution is 0.626. The summed E-state index contributed by atoms with van der Waals surface area (Å²) in [6.45, 7) is 0. The largest absolute Gasteiger partial charge is 0.334 e. The molecule has 9 heteroatoms. The maximum absolute atomic E-state index is 13.6. The zero-order valence-electron chi connectivity index (χ0n) is 13.4. The number of nitrogens with zero attached hydrogens (tertiary/aromatic N) is 1. The molecule has 0 spiro atoms. The second-order valence-corrected chi connectivity index (χ2v) is 8.70. The van der Waals surface area contributed by atoms with Gasteiger partial charge in [0.2, 0.25) is 0 Å². The minimum absolute atomic E-state index is 0.0766. The van der Waals surface area contributed by atoms with Crippen LogP contribution in [0.15, 0.2) is 47.6 Å². The molecule has 0 aliphatic heterocycles. The Morgan fingerprint density at radius 1 is 1.08 bits per heavy atom. The number of aromatic amines is 1. The van der Waals surface area contributed by atoms with E-state index in [2.05, 4.69) is 9.97 Å². The van der Waals surface area contributed by atoms with Crippen molar-refractivity contribution in [2.45, 2.75) is 10.9 Å². The van der Waals surface area contributed by atoms with Crippen LogP contribution in [0.3, 0.4) is 0 Å². The Bertz CT molecular complexity index is 1030. The van der Waals surface area contributed by atoms with E-state index in [0.29, 0.717) is 17.0 Å². The molecule has 0 radical (unpaired) electrons. The second kappa shape index (κ2) is 6.98. The molecule has 0 aliphatic carbocycles. The summed E-state index contributed by atoms with van der Waals surface area (Å²) in [7, 11) is -3.00. The first-order valence-corrected chi connectivity index (χ1v) is 10.1. The monoisotopic (exact) mass is 415 g/mol. The van der Waals surface area contributed by atoms with Crippen molar-refractivity contribution in [1.82, 2.24) is 9.97 Å². The Balaban J connectivity index is 2.19. The van der Waals surface area contributed by atoms with Crippen LogP contribution in [0, 0.1) is 16.4 Å². The number of nitrogens with one attached hydrogen (secondary N) is 2. The van der Waals surface area contributed by atoms with Gasteiger partial charge in [0.05, 0.1) is 31.9 Å². The molecule has 2 N–H and O–H groups in total. The summed E-state index contributed by atoms with van der Waals surface area (Å²) in [6, 6.07) is 8.35. The van der Waals surface area contributed by atoms with Gasteiger partial charge >= 0.3 is 0 Å². The topological polar surface area (TPSA) is 69.6 Å². The van der Waals surface area contributed by atoms with Crippen molar-refractivity contribution in [3.63, 3.8) is 0 Å². The van der Waals surface area contributed by atoms with Crippen LogP contribution in [-0.4, -0.2) is 20.4 Å². The van der Waals surface area contributed by atoms with Crippen LogP contribution in [0.4, 0.5) is 8.78 Å². The molecular formula is C17H13Cl2F2N3OS. The Labute approximate surface area is 159 Å². The maximum Gasteiger partial charge on any atom is 0.141 e. The lowest BCUT2D eigenvalue weighted by Gasteiger charge is -2.17. The molecule has 26 heavy (non-hydrogen) atoms. The van der Waals surface area contributed by atoms with E-state index < -0.39 is 27.3 Å². The number of halogens is 4. The average molecular weight is 416 g/mol. The Morgan fingerprint density at radius 3 is 1.96 bits per heavy atom. The van der Waals surface area contributed by atoms with E-state index >= 15 is 0 Å². The van der Waals surface area contributed by atoms with Crippen molar-refractivity contribution in [1.29, 1.82) is 4.78 Å².